The molecular weight excluding hydrogens is 148 g/mol. The van der Waals surface area contributed by atoms with Gasteiger partial charge in [-0.3, -0.25) is 0 Å². The number of hydrogen-bond acceptors (Lipinski definition) is 1. The molecule has 12 heavy (non-hydrogen) atoms. The molecule has 0 aliphatic carbocycles. The van der Waals surface area contributed by atoms with Crippen LogP contribution in [0.1, 0.15) is 46.5 Å². The van der Waals surface area contributed by atoms with Crippen molar-refractivity contribution in [3.63, 3.8) is 0 Å². The number of aliphatic hydroxyl groups excluding tert-OH is 1. The first kappa shape index (κ1) is 11.5. The fraction of sp³-hybridized carbons (Fsp3) is 0.818. The second kappa shape index (κ2) is 7.18. The second-order valence-corrected chi connectivity index (χ2v) is 3.11. The molecule has 0 aliphatic rings. The van der Waals surface area contributed by atoms with Crippen LogP contribution in [-0.2, 0) is 0 Å². The van der Waals surface area contributed by atoms with E-state index in [1.54, 1.807) is 0 Å². The Morgan fingerprint density at radius 3 is 2.25 bits per heavy atom. The fourth-order valence-electron chi connectivity index (χ4n) is 1.41. The minimum atomic E-state index is -0.152. The third kappa shape index (κ3) is 4.41. The van der Waals surface area contributed by atoms with Crippen LogP contribution in [0.15, 0.2) is 0 Å². The summed E-state index contributed by atoms with van der Waals surface area (Å²) in [6.45, 7) is 6.09. The van der Waals surface area contributed by atoms with Crippen molar-refractivity contribution in [2.24, 2.45) is 5.92 Å². The van der Waals surface area contributed by atoms with Crippen molar-refractivity contribution in [2.75, 3.05) is 0 Å². The summed E-state index contributed by atoms with van der Waals surface area (Å²) in [6, 6.07) is 0. The van der Waals surface area contributed by atoms with Crippen molar-refractivity contribution >= 4 is 0 Å². The van der Waals surface area contributed by atoms with Crippen LogP contribution < -0.4 is 0 Å². The molecule has 1 unspecified atom stereocenters. The molecule has 70 valence electrons. The molecule has 1 nitrogen and oxygen atoms in total. The van der Waals surface area contributed by atoms with Gasteiger partial charge in [-0.15, -0.1) is 11.8 Å². The zero-order valence-electron chi connectivity index (χ0n) is 8.43. The van der Waals surface area contributed by atoms with E-state index in [0.717, 1.165) is 25.7 Å². The molecule has 0 amide bonds. The lowest BCUT2D eigenvalue weighted by Gasteiger charge is -2.18. The summed E-state index contributed by atoms with van der Waals surface area (Å²) in [7, 11) is 0. The molecule has 0 saturated carbocycles. The maximum Gasteiger partial charge on any atom is 0.0577 e. The van der Waals surface area contributed by atoms with E-state index in [1.165, 1.54) is 0 Å². The summed E-state index contributed by atoms with van der Waals surface area (Å²) in [4.78, 5) is 0. The Bertz CT molecular complexity index is 148. The molecule has 1 heteroatoms. The maximum atomic E-state index is 9.67. The zero-order chi connectivity index (χ0) is 9.40. The van der Waals surface area contributed by atoms with Gasteiger partial charge < -0.3 is 5.11 Å². The fourth-order valence-corrected chi connectivity index (χ4v) is 1.41. The largest absolute Gasteiger partial charge is 0.393 e. The molecule has 0 radical (unpaired) electrons. The third-order valence-corrected chi connectivity index (χ3v) is 2.33. The molecular formula is C11H20O. The van der Waals surface area contributed by atoms with Gasteiger partial charge in [0.05, 0.1) is 6.10 Å². The van der Waals surface area contributed by atoms with E-state index in [9.17, 15) is 5.11 Å². The lowest BCUT2D eigenvalue weighted by Crippen LogP contribution is -2.18. The average Bonchev–Trinajstić information content (AvgIpc) is 2.07. The molecule has 1 atom stereocenters. The van der Waals surface area contributed by atoms with Crippen LogP contribution in [0.2, 0.25) is 0 Å². The molecule has 0 aromatic heterocycles. The summed E-state index contributed by atoms with van der Waals surface area (Å²) in [5.74, 6) is 6.27. The van der Waals surface area contributed by atoms with Crippen molar-refractivity contribution < 1.29 is 5.11 Å². The lowest BCUT2D eigenvalue weighted by atomic mass is 9.93. The molecule has 0 rings (SSSR count). The van der Waals surface area contributed by atoms with Gasteiger partial charge in [-0.1, -0.05) is 26.7 Å². The second-order valence-electron chi connectivity index (χ2n) is 3.11. The lowest BCUT2D eigenvalue weighted by molar-refractivity contribution is 0.0957. The molecule has 0 aromatic rings. The minimum Gasteiger partial charge on any atom is -0.393 e. The Morgan fingerprint density at radius 2 is 1.83 bits per heavy atom. The topological polar surface area (TPSA) is 20.2 Å². The highest BCUT2D eigenvalue weighted by Crippen LogP contribution is 2.16. The highest BCUT2D eigenvalue weighted by Gasteiger charge is 2.13. The quantitative estimate of drug-likeness (QED) is 0.626. The first-order valence-corrected chi connectivity index (χ1v) is 4.83. The van der Waals surface area contributed by atoms with Gasteiger partial charge in [-0.25, -0.2) is 0 Å². The van der Waals surface area contributed by atoms with E-state index in [0.29, 0.717) is 5.92 Å². The van der Waals surface area contributed by atoms with Crippen LogP contribution in [0, 0.1) is 17.8 Å². The van der Waals surface area contributed by atoms with Gasteiger partial charge >= 0.3 is 0 Å². The maximum absolute atomic E-state index is 9.67. The Morgan fingerprint density at radius 1 is 1.25 bits per heavy atom. The van der Waals surface area contributed by atoms with Gasteiger partial charge in [-0.05, 0) is 19.3 Å². The molecule has 0 bridgehead atoms. The first-order chi connectivity index (χ1) is 5.76. The Balaban J connectivity index is 3.65. The third-order valence-electron chi connectivity index (χ3n) is 2.33. The van der Waals surface area contributed by atoms with Gasteiger partial charge in [0.15, 0.2) is 0 Å². The van der Waals surface area contributed by atoms with E-state index in [2.05, 4.69) is 25.7 Å². The average molecular weight is 168 g/mol. The standard InChI is InChI=1S/C11H20O/c1-4-7-8-9-11(12)10(5-2)6-3/h10-12H,5-6,8-9H2,1-3H3. The summed E-state index contributed by atoms with van der Waals surface area (Å²) in [6.07, 6.45) is 3.64. The highest BCUT2D eigenvalue weighted by molar-refractivity contribution is 4.95. The van der Waals surface area contributed by atoms with E-state index in [4.69, 9.17) is 0 Å². The zero-order valence-corrected chi connectivity index (χ0v) is 8.43. The van der Waals surface area contributed by atoms with Crippen molar-refractivity contribution in [3.8, 4) is 11.8 Å². The van der Waals surface area contributed by atoms with Gasteiger partial charge in [0, 0.05) is 6.42 Å². The molecule has 1 N–H and O–H groups in total. The van der Waals surface area contributed by atoms with Crippen LogP contribution in [0.4, 0.5) is 0 Å². The van der Waals surface area contributed by atoms with Gasteiger partial charge in [0.25, 0.3) is 0 Å². The SMILES string of the molecule is CC#CCCC(O)C(CC)CC. The van der Waals surface area contributed by atoms with Crippen molar-refractivity contribution in [1.29, 1.82) is 0 Å². The molecule has 0 fully saturated rings. The summed E-state index contributed by atoms with van der Waals surface area (Å²) in [5, 5.41) is 9.67. The predicted octanol–water partition coefficient (Wildman–Crippen LogP) is 2.59. The van der Waals surface area contributed by atoms with E-state index in [1.807, 2.05) is 6.92 Å². The summed E-state index contributed by atoms with van der Waals surface area (Å²) < 4.78 is 0. The van der Waals surface area contributed by atoms with Crippen LogP contribution >= 0.6 is 0 Å². The molecule has 0 heterocycles. The van der Waals surface area contributed by atoms with Crippen molar-refractivity contribution in [1.82, 2.24) is 0 Å². The van der Waals surface area contributed by atoms with E-state index < -0.39 is 0 Å². The first-order valence-electron chi connectivity index (χ1n) is 4.83. The summed E-state index contributed by atoms with van der Waals surface area (Å²) >= 11 is 0. The van der Waals surface area contributed by atoms with Crippen LogP contribution in [0.3, 0.4) is 0 Å². The Kier molecular flexibility index (Phi) is 6.90. The van der Waals surface area contributed by atoms with Gasteiger partial charge in [0.2, 0.25) is 0 Å². The van der Waals surface area contributed by atoms with Gasteiger partial charge in [-0.2, -0.15) is 0 Å². The van der Waals surface area contributed by atoms with Gasteiger partial charge in [0.1, 0.15) is 0 Å². The Hall–Kier alpha value is -0.480. The van der Waals surface area contributed by atoms with E-state index in [-0.39, 0.29) is 6.10 Å². The highest BCUT2D eigenvalue weighted by atomic mass is 16.3. The molecule has 0 spiro atoms. The van der Waals surface area contributed by atoms with Crippen molar-refractivity contribution in [3.05, 3.63) is 0 Å². The van der Waals surface area contributed by atoms with Crippen LogP contribution in [-0.4, -0.2) is 11.2 Å². The van der Waals surface area contributed by atoms with E-state index >= 15 is 0 Å². The molecule has 0 aromatic carbocycles. The minimum absolute atomic E-state index is 0.152. The van der Waals surface area contributed by atoms with Crippen molar-refractivity contribution in [2.45, 2.75) is 52.6 Å². The Labute approximate surface area is 76.2 Å². The van der Waals surface area contributed by atoms with Crippen LogP contribution in [0.25, 0.3) is 0 Å². The molecule has 0 aliphatic heterocycles. The monoisotopic (exact) mass is 168 g/mol. The smallest absolute Gasteiger partial charge is 0.0577 e. The van der Waals surface area contributed by atoms with Crippen LogP contribution in [0.5, 0.6) is 0 Å². The number of rotatable bonds is 5. The molecule has 0 saturated heterocycles. The number of hydrogen-bond donors (Lipinski definition) is 1. The number of aliphatic hydroxyl groups is 1. The summed E-state index contributed by atoms with van der Waals surface area (Å²) in [5.41, 5.74) is 0. The normalized spacial score (nSPS) is 12.4. The predicted molar refractivity (Wildman–Crippen MR) is 52.8 cm³/mol.